The van der Waals surface area contributed by atoms with Gasteiger partial charge in [-0.1, -0.05) is 6.92 Å². The van der Waals surface area contributed by atoms with E-state index in [1.165, 1.54) is 16.7 Å². The van der Waals surface area contributed by atoms with Crippen LogP contribution in [0.2, 0.25) is 0 Å². The minimum absolute atomic E-state index is 0.112. The van der Waals surface area contributed by atoms with Gasteiger partial charge in [0.1, 0.15) is 12.2 Å². The van der Waals surface area contributed by atoms with Crippen LogP contribution in [0.1, 0.15) is 37.0 Å². The molecule has 112 valence electrons. The highest BCUT2D eigenvalue weighted by molar-refractivity contribution is 5.99. The summed E-state index contributed by atoms with van der Waals surface area (Å²) in [6.07, 6.45) is 0.644. The molecule has 2 N–H and O–H groups in total. The highest BCUT2D eigenvalue weighted by Crippen LogP contribution is 2.19. The molecule has 7 nitrogen and oxygen atoms in total. The van der Waals surface area contributed by atoms with Gasteiger partial charge in [0, 0.05) is 13.1 Å². The molecule has 1 aromatic heterocycles. The van der Waals surface area contributed by atoms with E-state index in [4.69, 9.17) is 5.73 Å². The first-order valence-electron chi connectivity index (χ1n) is 6.52. The van der Waals surface area contributed by atoms with Crippen LogP contribution in [-0.2, 0) is 23.0 Å². The minimum atomic E-state index is -0.469. The topological polar surface area (TPSA) is 90.5 Å². The summed E-state index contributed by atoms with van der Waals surface area (Å²) in [7, 11) is 2.96. The second-order valence-corrected chi connectivity index (χ2v) is 4.79. The van der Waals surface area contributed by atoms with Crippen molar-refractivity contribution in [3.05, 3.63) is 11.4 Å². The molecule has 0 bridgehead atoms. The smallest absolute Gasteiger partial charge is 0.325 e. The number of nitrogen functional groups attached to an aromatic ring is 1. The van der Waals surface area contributed by atoms with Crippen LogP contribution in [0.3, 0.4) is 0 Å². The van der Waals surface area contributed by atoms with Gasteiger partial charge in [-0.15, -0.1) is 0 Å². The molecule has 0 unspecified atom stereocenters. The van der Waals surface area contributed by atoms with E-state index in [9.17, 15) is 9.59 Å². The second-order valence-electron chi connectivity index (χ2n) is 4.79. The molecule has 0 atom stereocenters. The van der Waals surface area contributed by atoms with Crippen LogP contribution >= 0.6 is 0 Å². The van der Waals surface area contributed by atoms with Gasteiger partial charge in [0.2, 0.25) is 0 Å². The van der Waals surface area contributed by atoms with Crippen LogP contribution in [0, 0.1) is 0 Å². The van der Waals surface area contributed by atoms with Gasteiger partial charge in [-0.05, 0) is 20.3 Å². The van der Waals surface area contributed by atoms with E-state index in [1.54, 1.807) is 7.05 Å². The molecule has 0 saturated heterocycles. The fraction of sp³-hybridized carbons (Fsp3) is 0.615. The number of carbonyl (C=O) groups excluding carboxylic acids is 2. The number of aryl methyl sites for hydroxylation is 2. The average molecular weight is 282 g/mol. The number of rotatable bonds is 5. The number of aromatic nitrogens is 2. The Bertz CT molecular complexity index is 508. The van der Waals surface area contributed by atoms with Crippen LogP contribution < -0.4 is 5.73 Å². The van der Waals surface area contributed by atoms with E-state index < -0.39 is 5.97 Å². The maximum absolute atomic E-state index is 12.6. The lowest BCUT2D eigenvalue weighted by atomic mass is 10.2. The van der Waals surface area contributed by atoms with Crippen LogP contribution in [0.4, 0.5) is 5.69 Å². The van der Waals surface area contributed by atoms with Gasteiger partial charge in [0.05, 0.1) is 18.5 Å². The number of anilines is 1. The Labute approximate surface area is 118 Å². The molecule has 1 aromatic rings. The summed E-state index contributed by atoms with van der Waals surface area (Å²) < 4.78 is 6.08. The minimum Gasteiger partial charge on any atom is -0.468 e. The van der Waals surface area contributed by atoms with Crippen LogP contribution in [0.15, 0.2) is 0 Å². The van der Waals surface area contributed by atoms with Crippen molar-refractivity contribution >= 4 is 17.6 Å². The molecule has 0 radical (unpaired) electrons. The molecule has 0 saturated carbocycles. The second kappa shape index (κ2) is 6.40. The zero-order chi connectivity index (χ0) is 15.4. The summed E-state index contributed by atoms with van der Waals surface area (Å²) in [4.78, 5) is 25.4. The standard InChI is InChI=1S/C13H22N4O3/c1-6-9-11(14)12(16(4)15-9)13(19)17(8(2)3)7-10(18)20-5/h8H,6-7,14H2,1-5H3. The van der Waals surface area contributed by atoms with Crippen molar-refractivity contribution in [2.24, 2.45) is 7.05 Å². The van der Waals surface area contributed by atoms with Gasteiger partial charge in [-0.2, -0.15) is 5.10 Å². The van der Waals surface area contributed by atoms with Crippen molar-refractivity contribution in [1.82, 2.24) is 14.7 Å². The number of nitrogens with zero attached hydrogens (tertiary/aromatic N) is 3. The number of hydrogen-bond donors (Lipinski definition) is 1. The highest BCUT2D eigenvalue weighted by Gasteiger charge is 2.27. The van der Waals surface area contributed by atoms with Crippen LogP contribution in [-0.4, -0.2) is 46.3 Å². The maximum atomic E-state index is 12.6. The molecule has 1 rings (SSSR count). The Hall–Kier alpha value is -2.05. The van der Waals surface area contributed by atoms with Crippen molar-refractivity contribution < 1.29 is 14.3 Å². The molecule has 1 heterocycles. The Morgan fingerprint density at radius 1 is 1.45 bits per heavy atom. The number of amides is 1. The Kier molecular flexibility index (Phi) is 5.12. The molecule has 0 aliphatic carbocycles. The molecule has 20 heavy (non-hydrogen) atoms. The maximum Gasteiger partial charge on any atom is 0.325 e. The summed E-state index contributed by atoms with van der Waals surface area (Å²) >= 11 is 0. The van der Waals surface area contributed by atoms with Crippen molar-refractivity contribution in [2.45, 2.75) is 33.2 Å². The first kappa shape index (κ1) is 16.0. The average Bonchev–Trinajstić information content (AvgIpc) is 2.69. The monoisotopic (exact) mass is 282 g/mol. The quantitative estimate of drug-likeness (QED) is 0.798. The predicted octanol–water partition coefficient (Wildman–Crippen LogP) is 0.588. The van der Waals surface area contributed by atoms with E-state index in [2.05, 4.69) is 9.84 Å². The van der Waals surface area contributed by atoms with Crippen molar-refractivity contribution in [1.29, 1.82) is 0 Å². The lowest BCUT2D eigenvalue weighted by molar-refractivity contribution is -0.141. The summed E-state index contributed by atoms with van der Waals surface area (Å²) in [6, 6.07) is -0.152. The summed E-state index contributed by atoms with van der Waals surface area (Å²) in [5.41, 5.74) is 7.32. The predicted molar refractivity (Wildman–Crippen MR) is 75.2 cm³/mol. The number of esters is 1. The fourth-order valence-corrected chi connectivity index (χ4v) is 1.94. The molecule has 0 aliphatic heterocycles. The first-order valence-corrected chi connectivity index (χ1v) is 6.52. The highest BCUT2D eigenvalue weighted by atomic mass is 16.5. The summed E-state index contributed by atoms with van der Waals surface area (Å²) in [5.74, 6) is -0.791. The molecule has 0 aliphatic rings. The molecule has 0 aromatic carbocycles. The van der Waals surface area contributed by atoms with E-state index in [-0.39, 0.29) is 18.5 Å². The van der Waals surface area contributed by atoms with Gasteiger partial charge in [0.25, 0.3) is 5.91 Å². The third-order valence-electron chi connectivity index (χ3n) is 3.11. The Morgan fingerprint density at radius 3 is 2.45 bits per heavy atom. The molecular weight excluding hydrogens is 260 g/mol. The molecule has 1 amide bonds. The van der Waals surface area contributed by atoms with Crippen molar-refractivity contribution in [3.8, 4) is 0 Å². The van der Waals surface area contributed by atoms with E-state index in [0.29, 0.717) is 23.5 Å². The van der Waals surface area contributed by atoms with Gasteiger partial charge < -0.3 is 15.4 Å². The largest absolute Gasteiger partial charge is 0.468 e. The first-order chi connectivity index (χ1) is 9.33. The van der Waals surface area contributed by atoms with Gasteiger partial charge in [-0.3, -0.25) is 14.3 Å². The number of carbonyl (C=O) groups is 2. The SMILES string of the molecule is CCc1nn(C)c(C(=O)N(CC(=O)OC)C(C)C)c1N. The van der Waals surface area contributed by atoms with Crippen LogP contribution in [0.25, 0.3) is 0 Å². The third-order valence-corrected chi connectivity index (χ3v) is 3.11. The zero-order valence-corrected chi connectivity index (χ0v) is 12.6. The Morgan fingerprint density at radius 2 is 2.05 bits per heavy atom. The molecule has 7 heteroatoms. The van der Waals surface area contributed by atoms with Crippen molar-refractivity contribution in [2.75, 3.05) is 19.4 Å². The van der Waals surface area contributed by atoms with Gasteiger partial charge in [0.15, 0.2) is 0 Å². The van der Waals surface area contributed by atoms with E-state index in [1.807, 2.05) is 20.8 Å². The zero-order valence-electron chi connectivity index (χ0n) is 12.6. The fourth-order valence-electron chi connectivity index (χ4n) is 1.94. The molecule has 0 spiro atoms. The lowest BCUT2D eigenvalue weighted by Gasteiger charge is -2.25. The number of hydrogen-bond acceptors (Lipinski definition) is 5. The Balaban J connectivity index is 3.13. The normalized spacial score (nSPS) is 10.7. The van der Waals surface area contributed by atoms with E-state index in [0.717, 1.165) is 0 Å². The van der Waals surface area contributed by atoms with Crippen molar-refractivity contribution in [3.63, 3.8) is 0 Å². The molecule has 0 fully saturated rings. The van der Waals surface area contributed by atoms with E-state index >= 15 is 0 Å². The number of nitrogens with two attached hydrogens (primary N) is 1. The third kappa shape index (κ3) is 3.09. The summed E-state index contributed by atoms with van der Waals surface area (Å²) in [6.45, 7) is 5.46. The number of methoxy groups -OCH3 is 1. The molecular formula is C13H22N4O3. The van der Waals surface area contributed by atoms with Gasteiger partial charge >= 0.3 is 5.97 Å². The summed E-state index contributed by atoms with van der Waals surface area (Å²) in [5, 5.41) is 4.22. The van der Waals surface area contributed by atoms with Crippen LogP contribution in [0.5, 0.6) is 0 Å². The van der Waals surface area contributed by atoms with Gasteiger partial charge in [-0.25, -0.2) is 0 Å². The lowest BCUT2D eigenvalue weighted by Crippen LogP contribution is -2.42. The number of ether oxygens (including phenoxy) is 1.